The molecule has 0 saturated carbocycles. The topological polar surface area (TPSA) is 172 Å². The summed E-state index contributed by atoms with van der Waals surface area (Å²) in [6.45, 7) is 3.69. The van der Waals surface area contributed by atoms with Crippen molar-refractivity contribution >= 4 is 46.6 Å². The minimum atomic E-state index is -0.848. The Hall–Kier alpha value is -4.94. The van der Waals surface area contributed by atoms with Crippen LogP contribution in [0.3, 0.4) is 0 Å². The van der Waals surface area contributed by atoms with Gasteiger partial charge >= 0.3 is 0 Å². The number of benzene rings is 2. The molecule has 12 heteroatoms. The Bertz CT molecular complexity index is 1630. The Morgan fingerprint density at radius 1 is 1.09 bits per heavy atom. The summed E-state index contributed by atoms with van der Waals surface area (Å²) < 4.78 is 0. The zero-order valence-electron chi connectivity index (χ0n) is 24.0. The van der Waals surface area contributed by atoms with E-state index in [1.54, 1.807) is 80.3 Å². The predicted molar refractivity (Wildman–Crippen MR) is 169 cm³/mol. The van der Waals surface area contributed by atoms with Gasteiger partial charge in [-0.15, -0.1) is 11.3 Å². The van der Waals surface area contributed by atoms with Gasteiger partial charge in [0.2, 0.25) is 5.91 Å². The molecule has 0 atom stereocenters. The maximum atomic E-state index is 13.3. The van der Waals surface area contributed by atoms with Gasteiger partial charge in [-0.25, -0.2) is 4.98 Å². The van der Waals surface area contributed by atoms with Crippen LogP contribution in [0.4, 0.5) is 11.4 Å². The Morgan fingerprint density at radius 2 is 1.86 bits per heavy atom. The van der Waals surface area contributed by atoms with E-state index in [1.165, 1.54) is 18.4 Å². The first kappa shape index (κ1) is 31.0. The van der Waals surface area contributed by atoms with Crippen molar-refractivity contribution in [3.63, 3.8) is 0 Å². The number of nitrogens with two attached hydrogens (primary N) is 1. The molecule has 2 heterocycles. The van der Waals surface area contributed by atoms with Crippen molar-refractivity contribution in [2.75, 3.05) is 31.2 Å². The van der Waals surface area contributed by atoms with E-state index in [9.17, 15) is 19.5 Å². The quantitative estimate of drug-likeness (QED) is 0.129. The van der Waals surface area contributed by atoms with E-state index < -0.39 is 17.4 Å². The number of thiazole rings is 1. The summed E-state index contributed by atoms with van der Waals surface area (Å²) in [4.78, 5) is 50.3. The minimum Gasteiger partial charge on any atom is -0.398 e. The van der Waals surface area contributed by atoms with Gasteiger partial charge in [-0.1, -0.05) is 12.1 Å². The average molecular weight is 600 g/mol. The molecule has 0 spiro atoms. The van der Waals surface area contributed by atoms with Crippen LogP contribution in [0.2, 0.25) is 0 Å². The number of nitrogen functional groups attached to an aromatic ring is 1. The third-order valence-electron chi connectivity index (χ3n) is 6.35. The molecule has 222 valence electrons. The standard InChI is InChI=1S/C31H33N7O4S/c1-31(2,42)10-12-35-16-22-13-25(37-29(41)26-18-43-30(38-26)21-5-4-11-34-15-21)23(14-24(22)32)19-6-8-20(9-7-19)28(40)36-17-27(39)33-3/h4-9,11,13-16,18,42H,10,12,17,32H2,1-3H3,(H,33,39)(H,36,40)(H,37,41). The molecule has 6 N–H and O–H groups in total. The first-order chi connectivity index (χ1) is 20.5. The molecule has 4 aromatic rings. The lowest BCUT2D eigenvalue weighted by molar-refractivity contribution is -0.119. The lowest BCUT2D eigenvalue weighted by Gasteiger charge is -2.15. The van der Waals surface area contributed by atoms with Crippen LogP contribution in [0.15, 0.2) is 71.3 Å². The van der Waals surface area contributed by atoms with Crippen LogP contribution >= 0.6 is 11.3 Å². The number of pyridine rings is 1. The van der Waals surface area contributed by atoms with Gasteiger partial charge in [0.25, 0.3) is 11.8 Å². The molecule has 2 aromatic heterocycles. The van der Waals surface area contributed by atoms with E-state index in [0.29, 0.717) is 51.6 Å². The largest absolute Gasteiger partial charge is 0.398 e. The number of carbonyl (C=O) groups is 3. The fraction of sp³-hybridized carbons (Fsp3) is 0.226. The first-order valence-corrected chi connectivity index (χ1v) is 14.3. The third kappa shape index (κ3) is 8.53. The number of likely N-dealkylation sites (N-methyl/N-ethyl adjacent to an activating group) is 1. The van der Waals surface area contributed by atoms with Crippen molar-refractivity contribution in [2.24, 2.45) is 4.99 Å². The molecule has 3 amide bonds. The minimum absolute atomic E-state index is 0.137. The van der Waals surface area contributed by atoms with E-state index in [1.807, 2.05) is 6.07 Å². The molecule has 4 rings (SSSR count). The number of nitrogens with zero attached hydrogens (tertiary/aromatic N) is 3. The maximum Gasteiger partial charge on any atom is 0.275 e. The molecule has 0 unspecified atom stereocenters. The van der Waals surface area contributed by atoms with Crippen LogP contribution in [0.5, 0.6) is 0 Å². The number of rotatable bonds is 11. The van der Waals surface area contributed by atoms with Crippen LogP contribution < -0.4 is 21.7 Å². The molecule has 43 heavy (non-hydrogen) atoms. The van der Waals surface area contributed by atoms with Gasteiger partial charge in [-0.2, -0.15) is 0 Å². The number of aliphatic hydroxyl groups is 1. The Morgan fingerprint density at radius 3 is 2.53 bits per heavy atom. The molecule has 0 fully saturated rings. The molecule has 0 radical (unpaired) electrons. The highest BCUT2D eigenvalue weighted by atomic mass is 32.1. The number of carbonyl (C=O) groups excluding carboxylic acids is 3. The summed E-state index contributed by atoms with van der Waals surface area (Å²) in [5.41, 5.74) is 9.78. The Balaban J connectivity index is 1.63. The average Bonchev–Trinajstić information content (AvgIpc) is 3.50. The van der Waals surface area contributed by atoms with Gasteiger partial charge in [-0.05, 0) is 62.2 Å². The lowest BCUT2D eigenvalue weighted by Crippen LogP contribution is -2.35. The van der Waals surface area contributed by atoms with Crippen LogP contribution in [0.25, 0.3) is 21.7 Å². The molecule has 11 nitrogen and oxygen atoms in total. The maximum absolute atomic E-state index is 13.3. The highest BCUT2D eigenvalue weighted by Gasteiger charge is 2.17. The number of hydrogen-bond acceptors (Lipinski definition) is 9. The summed E-state index contributed by atoms with van der Waals surface area (Å²) >= 11 is 1.34. The number of aromatic nitrogens is 2. The van der Waals surface area contributed by atoms with Crippen molar-refractivity contribution < 1.29 is 19.5 Å². The summed E-state index contributed by atoms with van der Waals surface area (Å²) in [7, 11) is 1.49. The number of aliphatic imine (C=N–C) groups is 1. The zero-order chi connectivity index (χ0) is 31.0. The molecular weight excluding hydrogens is 566 g/mol. The molecular formula is C31H33N7O4S. The van der Waals surface area contributed by atoms with Gasteiger partial charge in [0.05, 0.1) is 12.1 Å². The zero-order valence-corrected chi connectivity index (χ0v) is 24.9. The molecule has 0 aliphatic heterocycles. The first-order valence-electron chi connectivity index (χ1n) is 13.5. The van der Waals surface area contributed by atoms with E-state index in [-0.39, 0.29) is 18.1 Å². The summed E-state index contributed by atoms with van der Waals surface area (Å²) in [6, 6.07) is 13.9. The fourth-order valence-electron chi connectivity index (χ4n) is 3.93. The monoisotopic (exact) mass is 599 g/mol. The van der Waals surface area contributed by atoms with Crippen molar-refractivity contribution in [1.82, 2.24) is 20.6 Å². The smallest absolute Gasteiger partial charge is 0.275 e. The molecule has 0 aliphatic carbocycles. The summed E-state index contributed by atoms with van der Waals surface area (Å²) in [5.74, 6) is -1.11. The Labute approximate surface area is 253 Å². The molecule has 2 aromatic carbocycles. The van der Waals surface area contributed by atoms with Crippen molar-refractivity contribution in [2.45, 2.75) is 25.9 Å². The normalized spacial score (nSPS) is 11.3. The van der Waals surface area contributed by atoms with Crippen molar-refractivity contribution in [1.29, 1.82) is 0 Å². The lowest BCUT2D eigenvalue weighted by atomic mass is 9.98. The van der Waals surface area contributed by atoms with Crippen molar-refractivity contribution in [3.8, 4) is 21.7 Å². The summed E-state index contributed by atoms with van der Waals surface area (Å²) in [6.07, 6.45) is 5.44. The highest BCUT2D eigenvalue weighted by molar-refractivity contribution is 7.13. The Kier molecular flexibility index (Phi) is 9.96. The number of hydrogen-bond donors (Lipinski definition) is 5. The van der Waals surface area contributed by atoms with Crippen LogP contribution in [0, 0.1) is 0 Å². The van der Waals surface area contributed by atoms with Crippen LogP contribution in [0.1, 0.15) is 46.7 Å². The molecule has 0 aliphatic rings. The second kappa shape index (κ2) is 13.8. The van der Waals surface area contributed by atoms with Gasteiger partial charge in [-0.3, -0.25) is 24.4 Å². The second-order valence-corrected chi connectivity index (χ2v) is 11.1. The third-order valence-corrected chi connectivity index (χ3v) is 7.24. The predicted octanol–water partition coefficient (Wildman–Crippen LogP) is 3.76. The van der Waals surface area contributed by atoms with Gasteiger partial charge in [0, 0.05) is 71.2 Å². The molecule has 0 saturated heterocycles. The van der Waals surface area contributed by atoms with E-state index in [0.717, 1.165) is 5.56 Å². The van der Waals surface area contributed by atoms with Gasteiger partial charge in [0.15, 0.2) is 0 Å². The number of amides is 3. The van der Waals surface area contributed by atoms with Gasteiger partial charge in [0.1, 0.15) is 10.7 Å². The van der Waals surface area contributed by atoms with Gasteiger partial charge < -0.3 is 26.8 Å². The number of anilines is 2. The van der Waals surface area contributed by atoms with Crippen molar-refractivity contribution in [3.05, 3.63) is 83.1 Å². The van der Waals surface area contributed by atoms with Crippen LogP contribution in [-0.4, -0.2) is 64.7 Å². The molecule has 0 bridgehead atoms. The summed E-state index contributed by atoms with van der Waals surface area (Å²) in [5, 5.41) is 20.3. The van der Waals surface area contributed by atoms with Crippen LogP contribution in [-0.2, 0) is 4.79 Å². The van der Waals surface area contributed by atoms with E-state index >= 15 is 0 Å². The second-order valence-electron chi connectivity index (χ2n) is 10.3. The van der Waals surface area contributed by atoms with E-state index in [4.69, 9.17) is 5.73 Å². The van der Waals surface area contributed by atoms with E-state index in [2.05, 4.69) is 30.9 Å². The fourth-order valence-corrected chi connectivity index (χ4v) is 4.72. The number of nitrogens with one attached hydrogen (secondary N) is 3. The highest BCUT2D eigenvalue weighted by Crippen LogP contribution is 2.33. The SMILES string of the molecule is CNC(=O)CNC(=O)c1ccc(-c2cc(N)c(C=NCCC(C)(C)O)cc2NC(=O)c2csc(-c3cccnc3)n2)cc1.